The summed E-state index contributed by atoms with van der Waals surface area (Å²) in [7, 11) is -2.37. The fourth-order valence-electron chi connectivity index (χ4n) is 6.75. The van der Waals surface area contributed by atoms with E-state index in [0.717, 1.165) is 5.56 Å². The number of alkyl halides is 1. The van der Waals surface area contributed by atoms with Crippen LogP contribution in [0.4, 0.5) is 4.39 Å². The predicted octanol–water partition coefficient (Wildman–Crippen LogP) is 3.43. The molecule has 2 aromatic carbocycles. The number of benzene rings is 2. The first kappa shape index (κ1) is 37.7. The number of fused-ring (bicyclic) bond motifs is 1. The Hall–Kier alpha value is -5.05. The van der Waals surface area contributed by atoms with Crippen molar-refractivity contribution in [3.05, 3.63) is 67.3 Å². The van der Waals surface area contributed by atoms with Crippen molar-refractivity contribution in [1.29, 1.82) is 0 Å². The molecule has 1 aromatic heterocycles. The molecule has 3 fully saturated rings. The summed E-state index contributed by atoms with van der Waals surface area (Å²) in [5.41, 5.74) is -0.462. The van der Waals surface area contributed by atoms with Gasteiger partial charge < -0.3 is 25.0 Å². The second-order valence-electron chi connectivity index (χ2n) is 14.9. The lowest BCUT2D eigenvalue weighted by Crippen LogP contribution is -2.60. The van der Waals surface area contributed by atoms with Gasteiger partial charge in [-0.3, -0.25) is 23.9 Å². The Labute approximate surface area is 307 Å². The Balaban J connectivity index is 1.34. The summed E-state index contributed by atoms with van der Waals surface area (Å²) in [6.45, 7) is 7.42. The van der Waals surface area contributed by atoms with Crippen LogP contribution in [0.25, 0.3) is 22.2 Å². The molecular weight excluding hydrogens is 706 g/mol. The van der Waals surface area contributed by atoms with Crippen molar-refractivity contribution in [2.75, 3.05) is 20.3 Å². The molecule has 3 aliphatic rings. The first-order chi connectivity index (χ1) is 25.1. The number of halogens is 1. The lowest BCUT2D eigenvalue weighted by molar-refractivity contribution is -0.144. The maximum absolute atomic E-state index is 14.3. The number of rotatable bonds is 13. The molecule has 15 heteroatoms. The Bertz CT molecular complexity index is 2050. The Morgan fingerprint density at radius 1 is 1.11 bits per heavy atom. The predicted molar refractivity (Wildman–Crippen MR) is 195 cm³/mol. The van der Waals surface area contributed by atoms with E-state index in [-0.39, 0.29) is 19.4 Å². The summed E-state index contributed by atoms with van der Waals surface area (Å²) < 4.78 is 53.0. The topological polar surface area (TPSA) is 173 Å². The van der Waals surface area contributed by atoms with E-state index in [1.165, 1.54) is 11.0 Å². The normalized spacial score (nSPS) is 23.1. The average Bonchev–Trinajstić information content (AvgIpc) is 4.06. The number of nitrogens with zero attached hydrogens (tertiary/aromatic N) is 2. The fourth-order valence-corrected chi connectivity index (χ4v) is 8.11. The highest BCUT2D eigenvalue weighted by molar-refractivity contribution is 7.91. The molecule has 3 N–H and O–H groups in total. The maximum atomic E-state index is 14.3. The van der Waals surface area contributed by atoms with E-state index in [9.17, 15) is 32.0 Å². The largest absolute Gasteiger partial charge is 0.497 e. The van der Waals surface area contributed by atoms with E-state index in [4.69, 9.17) is 14.5 Å². The van der Waals surface area contributed by atoms with Crippen molar-refractivity contribution in [2.24, 2.45) is 11.3 Å². The molecule has 2 heterocycles. The molecule has 6 rings (SSSR count). The van der Waals surface area contributed by atoms with Crippen molar-refractivity contribution in [1.82, 2.24) is 25.2 Å². The van der Waals surface area contributed by atoms with Crippen LogP contribution in [0.15, 0.2) is 67.3 Å². The molecule has 1 saturated heterocycles. The van der Waals surface area contributed by atoms with Crippen LogP contribution in [0, 0.1) is 11.3 Å². The molecule has 2 aliphatic carbocycles. The van der Waals surface area contributed by atoms with Crippen LogP contribution in [0.5, 0.6) is 11.5 Å². The number of methoxy groups -OCH3 is 1. The summed E-state index contributed by atoms with van der Waals surface area (Å²) in [6.07, 6.45) is 1.67. The summed E-state index contributed by atoms with van der Waals surface area (Å²) >= 11 is 0. The number of pyridine rings is 1. The van der Waals surface area contributed by atoms with Crippen LogP contribution < -0.4 is 24.8 Å². The molecule has 2 saturated carbocycles. The molecule has 3 aromatic rings. The minimum Gasteiger partial charge on any atom is -0.497 e. The van der Waals surface area contributed by atoms with Gasteiger partial charge in [0.1, 0.15) is 35.2 Å². The van der Waals surface area contributed by atoms with E-state index in [2.05, 4.69) is 21.9 Å². The quantitative estimate of drug-likeness (QED) is 0.222. The van der Waals surface area contributed by atoms with Crippen molar-refractivity contribution in [3.8, 4) is 22.8 Å². The molecule has 53 heavy (non-hydrogen) atoms. The van der Waals surface area contributed by atoms with Gasteiger partial charge in [0.25, 0.3) is 11.8 Å². The lowest BCUT2D eigenvalue weighted by atomic mass is 9.85. The van der Waals surface area contributed by atoms with Gasteiger partial charge in [0.05, 0.1) is 30.1 Å². The van der Waals surface area contributed by atoms with Gasteiger partial charge in [-0.25, -0.2) is 17.8 Å². The van der Waals surface area contributed by atoms with Gasteiger partial charge in [0.15, 0.2) is 6.67 Å². The average molecular weight is 750 g/mol. The lowest BCUT2D eigenvalue weighted by Gasteiger charge is -2.35. The van der Waals surface area contributed by atoms with Crippen molar-refractivity contribution in [3.63, 3.8) is 0 Å². The number of aromatic nitrogens is 1. The highest BCUT2D eigenvalue weighted by Gasteiger charge is 2.62. The second-order valence-corrected chi connectivity index (χ2v) is 16.9. The highest BCUT2D eigenvalue weighted by Crippen LogP contribution is 2.46. The Morgan fingerprint density at radius 3 is 2.43 bits per heavy atom. The Morgan fingerprint density at radius 2 is 1.83 bits per heavy atom. The molecule has 1 unspecified atom stereocenters. The third kappa shape index (κ3) is 7.85. The van der Waals surface area contributed by atoms with Gasteiger partial charge in [-0.1, -0.05) is 57.2 Å². The number of hydrogen-bond donors (Lipinski definition) is 3. The summed E-state index contributed by atoms with van der Waals surface area (Å²) in [6, 6.07) is 14.2. The minimum absolute atomic E-state index is 0.0248. The van der Waals surface area contributed by atoms with Crippen molar-refractivity contribution >= 4 is 44.6 Å². The van der Waals surface area contributed by atoms with Crippen LogP contribution >= 0.6 is 0 Å². The molecule has 1 aliphatic heterocycles. The highest BCUT2D eigenvalue weighted by atomic mass is 32.2. The molecular formula is C38H44FN5O8S. The number of sulfonamides is 1. The smallest absolute Gasteiger partial charge is 0.259 e. The number of nitrogens with one attached hydrogen (secondary N) is 3. The molecule has 0 bridgehead atoms. The third-order valence-corrected chi connectivity index (χ3v) is 11.8. The molecule has 0 spiro atoms. The number of amides is 4. The molecule has 5 atom stereocenters. The van der Waals surface area contributed by atoms with E-state index in [1.54, 1.807) is 52.1 Å². The monoisotopic (exact) mass is 749 g/mol. The van der Waals surface area contributed by atoms with E-state index >= 15 is 0 Å². The van der Waals surface area contributed by atoms with Crippen LogP contribution in [0.2, 0.25) is 0 Å². The second kappa shape index (κ2) is 14.4. The van der Waals surface area contributed by atoms with Gasteiger partial charge in [-0.15, -0.1) is 6.58 Å². The number of likely N-dealkylation sites (tertiary alicyclic amines) is 1. The van der Waals surface area contributed by atoms with Gasteiger partial charge >= 0.3 is 0 Å². The first-order valence-electron chi connectivity index (χ1n) is 17.5. The number of hydrogen-bond acceptors (Lipinski definition) is 9. The summed E-state index contributed by atoms with van der Waals surface area (Å²) in [4.78, 5) is 60.4. The van der Waals surface area contributed by atoms with Crippen LogP contribution in [0.1, 0.15) is 46.5 Å². The SMILES string of the molecule is C=C[C@@H]1C[C@]1(NC(=O)C1C[C@@H](Oc2cc(-c3ccccc3)nc3cc(OC)ccc23)CN1C(=O)[C@@H](NC(=O)CF)C(C)(C)C)C(=O)NS(=O)(=O)C1CC1. The van der Waals surface area contributed by atoms with E-state index < -0.39 is 80.6 Å². The fraction of sp³-hybridized carbons (Fsp3) is 0.447. The minimum atomic E-state index is -3.92. The molecule has 0 radical (unpaired) electrons. The van der Waals surface area contributed by atoms with E-state index in [1.807, 2.05) is 30.3 Å². The Kier molecular flexibility index (Phi) is 10.2. The maximum Gasteiger partial charge on any atom is 0.259 e. The third-order valence-electron chi connectivity index (χ3n) is 9.98. The molecule has 13 nitrogen and oxygen atoms in total. The van der Waals surface area contributed by atoms with Gasteiger partial charge in [0.2, 0.25) is 21.8 Å². The van der Waals surface area contributed by atoms with Crippen molar-refractivity contribution in [2.45, 2.75) is 75.4 Å². The van der Waals surface area contributed by atoms with Crippen molar-refractivity contribution < 1.29 is 41.5 Å². The summed E-state index contributed by atoms with van der Waals surface area (Å²) in [5.74, 6) is -2.76. The van der Waals surface area contributed by atoms with Gasteiger partial charge in [-0.05, 0) is 36.8 Å². The zero-order valence-electron chi connectivity index (χ0n) is 30.1. The number of carbonyl (C=O) groups excluding carboxylic acids is 4. The zero-order chi connectivity index (χ0) is 38.3. The summed E-state index contributed by atoms with van der Waals surface area (Å²) in [5, 5.41) is 5.21. The van der Waals surface area contributed by atoms with Crippen LogP contribution in [-0.2, 0) is 29.2 Å². The standard InChI is InChI=1S/C38H44FN5O8S/c1-6-23-19-38(23,36(48)43-53(49,50)26-13-14-26)42-34(46)30-17-25(21-44(30)35(47)33(37(2,3)4)41-32(45)20-39)52-31-18-28(22-10-8-7-9-11-22)40-29-16-24(51-5)12-15-27(29)31/h6-12,15-16,18,23,25-26,30,33H,1,13-14,17,19-21H2,2-5H3,(H,41,45)(H,42,46)(H,43,48)/t23-,25-,30?,33-,38-/m1/s1. The van der Waals surface area contributed by atoms with Gasteiger partial charge in [-0.2, -0.15) is 0 Å². The number of carbonyl (C=O) groups is 4. The van der Waals surface area contributed by atoms with Crippen LogP contribution in [0.3, 0.4) is 0 Å². The first-order valence-corrected chi connectivity index (χ1v) is 19.0. The molecule has 282 valence electrons. The van der Waals surface area contributed by atoms with Gasteiger partial charge in [0, 0.05) is 35.4 Å². The number of ether oxygens (including phenoxy) is 2. The van der Waals surface area contributed by atoms with E-state index in [0.29, 0.717) is 40.9 Å². The zero-order valence-corrected chi connectivity index (χ0v) is 30.9. The molecule has 4 amide bonds. The van der Waals surface area contributed by atoms with Crippen LogP contribution in [-0.4, -0.2) is 91.2 Å².